The zero-order valence-electron chi connectivity index (χ0n) is 8.63. The van der Waals surface area contributed by atoms with Crippen molar-refractivity contribution < 1.29 is 9.47 Å². The SMILES string of the molecule is BC(B)(OC)c1ccc(OC)cc1. The monoisotopic (exact) mass is 176 g/mol. The lowest BCUT2D eigenvalue weighted by Crippen LogP contribution is -2.28. The molecule has 0 aliphatic carbocycles. The summed E-state index contributed by atoms with van der Waals surface area (Å²) in [4.78, 5) is 0. The molecular formula is C9H14B2O2. The van der Waals surface area contributed by atoms with Crippen molar-refractivity contribution in [1.82, 2.24) is 0 Å². The molecule has 0 atom stereocenters. The standard InChI is InChI=1S/C9H14B2O2/c1-12-8-5-3-7(4-6-8)9(10,11)13-2/h3-6H,10-11H2,1-2H3. The Labute approximate surface area is 81.1 Å². The summed E-state index contributed by atoms with van der Waals surface area (Å²) in [5, 5.41) is -0.230. The minimum atomic E-state index is -0.230. The lowest BCUT2D eigenvalue weighted by atomic mass is 9.61. The van der Waals surface area contributed by atoms with Crippen LogP contribution in [0, 0.1) is 0 Å². The summed E-state index contributed by atoms with van der Waals surface area (Å²) in [6.07, 6.45) is 0. The maximum atomic E-state index is 5.36. The Morgan fingerprint density at radius 1 is 1.08 bits per heavy atom. The predicted octanol–water partition coefficient (Wildman–Crippen LogP) is -0.282. The molecule has 4 heteroatoms. The molecule has 0 saturated heterocycles. The van der Waals surface area contributed by atoms with Gasteiger partial charge in [-0.1, -0.05) is 12.1 Å². The second-order valence-electron chi connectivity index (χ2n) is 3.44. The van der Waals surface area contributed by atoms with Gasteiger partial charge in [-0.05, 0) is 17.7 Å². The average molecular weight is 176 g/mol. The molecule has 0 bridgehead atoms. The van der Waals surface area contributed by atoms with E-state index in [0.717, 1.165) is 11.3 Å². The molecule has 1 aromatic carbocycles. The van der Waals surface area contributed by atoms with Gasteiger partial charge in [0.1, 0.15) is 21.4 Å². The molecule has 0 aromatic heterocycles. The van der Waals surface area contributed by atoms with E-state index in [1.165, 1.54) is 0 Å². The van der Waals surface area contributed by atoms with Crippen molar-refractivity contribution in [2.24, 2.45) is 0 Å². The fourth-order valence-electron chi connectivity index (χ4n) is 1.11. The Morgan fingerprint density at radius 3 is 2.00 bits per heavy atom. The van der Waals surface area contributed by atoms with Gasteiger partial charge in [-0.3, -0.25) is 0 Å². The zero-order valence-corrected chi connectivity index (χ0v) is 8.63. The quantitative estimate of drug-likeness (QED) is 0.589. The molecule has 0 spiro atoms. The molecular weight excluding hydrogens is 162 g/mol. The van der Waals surface area contributed by atoms with E-state index in [4.69, 9.17) is 9.47 Å². The molecule has 1 rings (SSSR count). The second-order valence-corrected chi connectivity index (χ2v) is 3.44. The number of methoxy groups -OCH3 is 2. The van der Waals surface area contributed by atoms with E-state index in [0.29, 0.717) is 0 Å². The van der Waals surface area contributed by atoms with Gasteiger partial charge in [0, 0.05) is 12.5 Å². The molecule has 0 heterocycles. The fraction of sp³-hybridized carbons (Fsp3) is 0.333. The third-order valence-corrected chi connectivity index (χ3v) is 2.30. The predicted molar refractivity (Wildman–Crippen MR) is 58.8 cm³/mol. The fourth-order valence-corrected chi connectivity index (χ4v) is 1.11. The Balaban J connectivity index is 2.92. The molecule has 0 saturated carbocycles. The van der Waals surface area contributed by atoms with Crippen molar-refractivity contribution in [2.75, 3.05) is 14.2 Å². The van der Waals surface area contributed by atoms with Crippen molar-refractivity contribution >= 4 is 15.7 Å². The molecule has 2 nitrogen and oxygen atoms in total. The van der Waals surface area contributed by atoms with E-state index >= 15 is 0 Å². The average Bonchev–Trinajstić information content (AvgIpc) is 2.18. The zero-order chi connectivity index (χ0) is 9.90. The smallest absolute Gasteiger partial charge is 0.137 e. The van der Waals surface area contributed by atoms with Crippen molar-refractivity contribution in [3.8, 4) is 5.75 Å². The molecule has 0 unspecified atom stereocenters. The van der Waals surface area contributed by atoms with E-state index in [9.17, 15) is 0 Å². The van der Waals surface area contributed by atoms with Crippen LogP contribution in [-0.2, 0) is 10.1 Å². The van der Waals surface area contributed by atoms with Crippen molar-refractivity contribution in [1.29, 1.82) is 0 Å². The third-order valence-electron chi connectivity index (χ3n) is 2.30. The van der Waals surface area contributed by atoms with Crippen molar-refractivity contribution in [2.45, 2.75) is 5.40 Å². The van der Waals surface area contributed by atoms with Gasteiger partial charge in [0.15, 0.2) is 0 Å². The second kappa shape index (κ2) is 3.88. The van der Waals surface area contributed by atoms with Gasteiger partial charge in [-0.2, -0.15) is 0 Å². The first-order valence-corrected chi connectivity index (χ1v) is 4.30. The molecule has 13 heavy (non-hydrogen) atoms. The number of hydrogen-bond acceptors (Lipinski definition) is 2. The van der Waals surface area contributed by atoms with Gasteiger partial charge in [0.05, 0.1) is 7.11 Å². The molecule has 1 aromatic rings. The van der Waals surface area contributed by atoms with Gasteiger partial charge < -0.3 is 9.47 Å². The highest BCUT2D eigenvalue weighted by atomic mass is 16.5. The molecule has 0 N–H and O–H groups in total. The first-order valence-electron chi connectivity index (χ1n) is 4.30. The van der Waals surface area contributed by atoms with Crippen LogP contribution in [0.25, 0.3) is 0 Å². The highest BCUT2D eigenvalue weighted by Crippen LogP contribution is 2.20. The highest BCUT2D eigenvalue weighted by Gasteiger charge is 2.18. The van der Waals surface area contributed by atoms with E-state index in [2.05, 4.69) is 0 Å². The first kappa shape index (κ1) is 10.2. The van der Waals surface area contributed by atoms with Crippen LogP contribution in [-0.4, -0.2) is 29.9 Å². The molecule has 0 aliphatic rings. The summed E-state index contributed by atoms with van der Waals surface area (Å²) in [7, 11) is 7.45. The van der Waals surface area contributed by atoms with Gasteiger partial charge in [-0.15, -0.1) is 0 Å². The Bertz CT molecular complexity index is 269. The first-order chi connectivity index (χ1) is 6.10. The van der Waals surface area contributed by atoms with E-state index < -0.39 is 0 Å². The number of hydrogen-bond donors (Lipinski definition) is 0. The topological polar surface area (TPSA) is 18.5 Å². The van der Waals surface area contributed by atoms with Crippen LogP contribution in [0.3, 0.4) is 0 Å². The van der Waals surface area contributed by atoms with Crippen molar-refractivity contribution in [3.05, 3.63) is 29.8 Å². The van der Waals surface area contributed by atoms with E-state index in [-0.39, 0.29) is 5.40 Å². The van der Waals surface area contributed by atoms with Crippen molar-refractivity contribution in [3.63, 3.8) is 0 Å². The number of benzene rings is 1. The van der Waals surface area contributed by atoms with Gasteiger partial charge in [0.2, 0.25) is 0 Å². The van der Waals surface area contributed by atoms with Crippen LogP contribution in [0.5, 0.6) is 5.75 Å². The maximum absolute atomic E-state index is 5.36. The third kappa shape index (κ3) is 2.28. The van der Waals surface area contributed by atoms with E-state index in [1.807, 2.05) is 40.0 Å². The van der Waals surface area contributed by atoms with Crippen LogP contribution < -0.4 is 4.74 Å². The van der Waals surface area contributed by atoms with Crippen LogP contribution in [0.2, 0.25) is 0 Å². The molecule has 0 fully saturated rings. The van der Waals surface area contributed by atoms with Crippen LogP contribution in [0.4, 0.5) is 0 Å². The summed E-state index contributed by atoms with van der Waals surface area (Å²) in [5.74, 6) is 0.871. The Morgan fingerprint density at radius 2 is 1.62 bits per heavy atom. The number of rotatable bonds is 3. The van der Waals surface area contributed by atoms with Gasteiger partial charge in [0.25, 0.3) is 0 Å². The van der Waals surface area contributed by atoms with Crippen LogP contribution >= 0.6 is 0 Å². The van der Waals surface area contributed by atoms with E-state index in [1.54, 1.807) is 14.2 Å². The number of ether oxygens (including phenoxy) is 2. The molecule has 0 amide bonds. The lowest BCUT2D eigenvalue weighted by Gasteiger charge is -2.23. The summed E-state index contributed by atoms with van der Waals surface area (Å²) in [6.45, 7) is 0. The molecule has 68 valence electrons. The molecule has 0 aliphatic heterocycles. The molecule has 0 radical (unpaired) electrons. The highest BCUT2D eigenvalue weighted by molar-refractivity contribution is 6.38. The summed E-state index contributed by atoms with van der Waals surface area (Å²) < 4.78 is 10.4. The normalized spacial score (nSPS) is 11.2. The Hall–Kier alpha value is -0.890. The maximum Gasteiger partial charge on any atom is 0.137 e. The minimum absolute atomic E-state index is 0.230. The van der Waals surface area contributed by atoms with Gasteiger partial charge >= 0.3 is 0 Å². The largest absolute Gasteiger partial charge is 0.497 e. The van der Waals surface area contributed by atoms with Crippen LogP contribution in [0.15, 0.2) is 24.3 Å². The van der Waals surface area contributed by atoms with Crippen LogP contribution in [0.1, 0.15) is 5.56 Å². The Kier molecular flexibility index (Phi) is 3.04. The summed E-state index contributed by atoms with van der Waals surface area (Å²) in [5.41, 5.74) is 1.15. The lowest BCUT2D eigenvalue weighted by molar-refractivity contribution is 0.132. The summed E-state index contributed by atoms with van der Waals surface area (Å²) in [6, 6.07) is 7.91. The summed E-state index contributed by atoms with van der Waals surface area (Å²) >= 11 is 0. The van der Waals surface area contributed by atoms with Gasteiger partial charge in [-0.25, -0.2) is 0 Å². The minimum Gasteiger partial charge on any atom is -0.497 e.